The largest absolute Gasteiger partial charge is 0.377 e. The van der Waals surface area contributed by atoms with Crippen molar-refractivity contribution in [3.05, 3.63) is 76.9 Å². The Bertz CT molecular complexity index is 1100. The van der Waals surface area contributed by atoms with Gasteiger partial charge in [0.1, 0.15) is 0 Å². The lowest BCUT2D eigenvalue weighted by Gasteiger charge is -2.24. The SMILES string of the molecule is CN(C)c1cccc2c1-c1cc3c(cc1C2(C)C)-c1ccccc1C3(C)C. The maximum Gasteiger partial charge on any atom is 0.0443 e. The molecular weight excluding hydrogens is 326 g/mol. The van der Waals surface area contributed by atoms with Gasteiger partial charge in [0.05, 0.1) is 0 Å². The number of fused-ring (bicyclic) bond motifs is 6. The van der Waals surface area contributed by atoms with Gasteiger partial charge in [0, 0.05) is 36.2 Å². The van der Waals surface area contributed by atoms with E-state index >= 15 is 0 Å². The average Bonchev–Trinajstić information content (AvgIpc) is 3.01. The summed E-state index contributed by atoms with van der Waals surface area (Å²) in [5.41, 5.74) is 12.8. The van der Waals surface area contributed by atoms with Crippen molar-refractivity contribution in [1.82, 2.24) is 0 Å². The summed E-state index contributed by atoms with van der Waals surface area (Å²) in [6.45, 7) is 9.47. The Morgan fingerprint density at radius 2 is 1.19 bits per heavy atom. The third kappa shape index (κ3) is 1.95. The second kappa shape index (κ2) is 5.04. The molecule has 3 aromatic rings. The number of anilines is 1. The second-order valence-corrected chi connectivity index (χ2v) is 9.33. The van der Waals surface area contributed by atoms with Crippen LogP contribution in [0, 0.1) is 0 Å². The molecule has 0 fully saturated rings. The Morgan fingerprint density at radius 1 is 0.593 bits per heavy atom. The molecule has 0 spiro atoms. The van der Waals surface area contributed by atoms with E-state index in [9.17, 15) is 0 Å². The molecule has 0 unspecified atom stereocenters. The number of nitrogens with zero attached hydrogens (tertiary/aromatic N) is 1. The molecule has 136 valence electrons. The fourth-order valence-corrected chi connectivity index (χ4v) is 5.33. The van der Waals surface area contributed by atoms with Crippen molar-refractivity contribution < 1.29 is 0 Å². The predicted molar refractivity (Wildman–Crippen MR) is 116 cm³/mol. The number of benzene rings is 3. The van der Waals surface area contributed by atoms with Crippen LogP contribution in [0.1, 0.15) is 49.9 Å². The van der Waals surface area contributed by atoms with Gasteiger partial charge in [-0.25, -0.2) is 0 Å². The lowest BCUT2D eigenvalue weighted by atomic mass is 9.79. The predicted octanol–water partition coefficient (Wildman–Crippen LogP) is 6.37. The van der Waals surface area contributed by atoms with E-state index in [4.69, 9.17) is 0 Å². The first-order valence-corrected chi connectivity index (χ1v) is 9.84. The molecule has 3 aromatic carbocycles. The first-order chi connectivity index (χ1) is 12.7. The monoisotopic (exact) mass is 353 g/mol. The summed E-state index contributed by atoms with van der Waals surface area (Å²) in [4.78, 5) is 2.25. The molecule has 0 heterocycles. The van der Waals surface area contributed by atoms with Crippen molar-refractivity contribution in [3.63, 3.8) is 0 Å². The molecule has 0 aromatic heterocycles. The smallest absolute Gasteiger partial charge is 0.0443 e. The van der Waals surface area contributed by atoms with Gasteiger partial charge in [0.15, 0.2) is 0 Å². The van der Waals surface area contributed by atoms with E-state index in [1.807, 2.05) is 0 Å². The Labute approximate surface area is 162 Å². The highest BCUT2D eigenvalue weighted by Gasteiger charge is 2.42. The van der Waals surface area contributed by atoms with Crippen LogP contribution in [0.25, 0.3) is 22.3 Å². The summed E-state index contributed by atoms with van der Waals surface area (Å²) in [5.74, 6) is 0. The first kappa shape index (κ1) is 16.6. The number of rotatable bonds is 1. The van der Waals surface area contributed by atoms with E-state index in [2.05, 4.69) is 101 Å². The standard InChI is InChI=1S/C26H27N/c1-25(2)19-11-8-7-10-16(19)17-14-22-18(15-21(17)25)24-20(26(22,3)4)12-9-13-23(24)27(5)6/h7-15H,1-6H3. The Balaban J connectivity index is 1.87. The molecule has 0 saturated heterocycles. The molecule has 0 bridgehead atoms. The minimum absolute atomic E-state index is 0.0212. The first-order valence-electron chi connectivity index (χ1n) is 9.84. The molecule has 0 radical (unpaired) electrons. The topological polar surface area (TPSA) is 3.24 Å². The van der Waals surface area contributed by atoms with Crippen LogP contribution in [0.2, 0.25) is 0 Å². The highest BCUT2D eigenvalue weighted by Crippen LogP contribution is 2.57. The summed E-state index contributed by atoms with van der Waals surface area (Å²) in [6.07, 6.45) is 0. The van der Waals surface area contributed by atoms with Crippen molar-refractivity contribution in [2.45, 2.75) is 38.5 Å². The van der Waals surface area contributed by atoms with Crippen LogP contribution in [0.3, 0.4) is 0 Å². The molecule has 27 heavy (non-hydrogen) atoms. The van der Waals surface area contributed by atoms with Crippen molar-refractivity contribution in [1.29, 1.82) is 0 Å². The van der Waals surface area contributed by atoms with E-state index in [1.165, 1.54) is 50.2 Å². The summed E-state index contributed by atoms with van der Waals surface area (Å²) in [7, 11) is 4.29. The van der Waals surface area contributed by atoms with Gasteiger partial charge in [0.25, 0.3) is 0 Å². The van der Waals surface area contributed by atoms with Gasteiger partial charge in [-0.3, -0.25) is 0 Å². The zero-order valence-electron chi connectivity index (χ0n) is 17.1. The minimum Gasteiger partial charge on any atom is -0.377 e. The van der Waals surface area contributed by atoms with Gasteiger partial charge in [0.2, 0.25) is 0 Å². The maximum absolute atomic E-state index is 2.49. The molecular formula is C26H27N. The fourth-order valence-electron chi connectivity index (χ4n) is 5.33. The summed E-state index contributed by atoms with van der Waals surface area (Å²) in [6, 6.07) is 20.7. The highest BCUT2D eigenvalue weighted by atomic mass is 15.1. The van der Waals surface area contributed by atoms with E-state index in [0.29, 0.717) is 0 Å². The van der Waals surface area contributed by atoms with E-state index in [0.717, 1.165) is 0 Å². The lowest BCUT2D eigenvalue weighted by Crippen LogP contribution is -2.17. The van der Waals surface area contributed by atoms with Crippen molar-refractivity contribution in [3.8, 4) is 22.3 Å². The van der Waals surface area contributed by atoms with Gasteiger partial charge >= 0.3 is 0 Å². The molecule has 0 aliphatic heterocycles. The van der Waals surface area contributed by atoms with Crippen molar-refractivity contribution >= 4 is 5.69 Å². The maximum atomic E-state index is 2.49. The summed E-state index contributed by atoms with van der Waals surface area (Å²) < 4.78 is 0. The Morgan fingerprint density at radius 3 is 1.93 bits per heavy atom. The number of hydrogen-bond donors (Lipinski definition) is 0. The van der Waals surface area contributed by atoms with Crippen molar-refractivity contribution in [2.24, 2.45) is 0 Å². The van der Waals surface area contributed by atoms with Gasteiger partial charge < -0.3 is 4.90 Å². The summed E-state index contributed by atoms with van der Waals surface area (Å²) >= 11 is 0. The van der Waals surface area contributed by atoms with Crippen molar-refractivity contribution in [2.75, 3.05) is 19.0 Å². The van der Waals surface area contributed by atoms with Gasteiger partial charge in [-0.2, -0.15) is 0 Å². The Hall–Kier alpha value is -2.54. The van der Waals surface area contributed by atoms with Crippen LogP contribution in [-0.2, 0) is 10.8 Å². The molecule has 1 nitrogen and oxygen atoms in total. The van der Waals surface area contributed by atoms with Crippen LogP contribution >= 0.6 is 0 Å². The molecule has 0 saturated carbocycles. The van der Waals surface area contributed by atoms with Crippen LogP contribution in [-0.4, -0.2) is 14.1 Å². The quantitative estimate of drug-likeness (QED) is 0.491. The van der Waals surface area contributed by atoms with E-state index in [-0.39, 0.29) is 10.8 Å². The second-order valence-electron chi connectivity index (χ2n) is 9.33. The Kier molecular flexibility index (Phi) is 3.10. The highest BCUT2D eigenvalue weighted by molar-refractivity contribution is 5.94. The lowest BCUT2D eigenvalue weighted by molar-refractivity contribution is 0.652. The third-order valence-electron chi connectivity index (χ3n) is 6.86. The van der Waals surface area contributed by atoms with Gasteiger partial charge in [-0.15, -0.1) is 0 Å². The zero-order valence-corrected chi connectivity index (χ0v) is 17.1. The van der Waals surface area contributed by atoms with Crippen LogP contribution < -0.4 is 4.90 Å². The molecule has 1 heteroatoms. The molecule has 0 N–H and O–H groups in total. The van der Waals surface area contributed by atoms with Gasteiger partial charge in [-0.05, 0) is 57.1 Å². The molecule has 2 aliphatic carbocycles. The summed E-state index contributed by atoms with van der Waals surface area (Å²) in [5, 5.41) is 0. The van der Waals surface area contributed by atoms with Crippen LogP contribution in [0.5, 0.6) is 0 Å². The third-order valence-corrected chi connectivity index (χ3v) is 6.86. The molecule has 2 aliphatic rings. The van der Waals surface area contributed by atoms with Crippen LogP contribution in [0.15, 0.2) is 54.6 Å². The zero-order chi connectivity index (χ0) is 19.1. The average molecular weight is 354 g/mol. The number of hydrogen-bond acceptors (Lipinski definition) is 1. The van der Waals surface area contributed by atoms with E-state index < -0.39 is 0 Å². The van der Waals surface area contributed by atoms with Gasteiger partial charge in [-0.1, -0.05) is 64.1 Å². The molecule has 0 atom stereocenters. The fraction of sp³-hybridized carbons (Fsp3) is 0.308. The molecule has 5 rings (SSSR count). The normalized spacial score (nSPS) is 17.1. The van der Waals surface area contributed by atoms with Crippen LogP contribution in [0.4, 0.5) is 5.69 Å². The molecule has 0 amide bonds. The van der Waals surface area contributed by atoms with E-state index in [1.54, 1.807) is 0 Å². The minimum atomic E-state index is 0.0212.